The third-order valence-electron chi connectivity index (χ3n) is 2.73. The highest BCUT2D eigenvalue weighted by atomic mass is 79.9. The number of nitrogens with one attached hydrogen (secondary N) is 1. The number of benzene rings is 1. The van der Waals surface area contributed by atoms with E-state index in [1.165, 1.54) is 12.1 Å². The van der Waals surface area contributed by atoms with Gasteiger partial charge in [0.15, 0.2) is 0 Å². The lowest BCUT2D eigenvalue weighted by Gasteiger charge is -2.05. The largest absolute Gasteiger partial charge is 0.250 e. The first kappa shape index (κ1) is 16.5. The number of sulfonamides is 1. The Morgan fingerprint density at radius 2 is 1.81 bits per heavy atom. The summed E-state index contributed by atoms with van der Waals surface area (Å²) in [4.78, 5) is 0. The number of hydrogen-bond donors (Lipinski definition) is 1. The van der Waals surface area contributed by atoms with Gasteiger partial charge in [0.25, 0.3) is 0 Å². The zero-order valence-electron chi connectivity index (χ0n) is 11.0. The molecule has 21 heavy (non-hydrogen) atoms. The molecule has 0 atom stereocenters. The Morgan fingerprint density at radius 1 is 1.19 bits per heavy atom. The zero-order valence-corrected chi connectivity index (χ0v) is 14.2. The molecule has 0 aliphatic rings. The van der Waals surface area contributed by atoms with Gasteiger partial charge in [-0.25, -0.2) is 21.9 Å². The van der Waals surface area contributed by atoms with Crippen molar-refractivity contribution in [3.05, 3.63) is 50.8 Å². The lowest BCUT2D eigenvalue weighted by atomic mass is 10.1. The number of rotatable bonds is 5. The highest BCUT2D eigenvalue weighted by Gasteiger charge is 2.17. The Morgan fingerprint density at radius 3 is 2.33 bits per heavy atom. The molecule has 0 aliphatic carbocycles. The van der Waals surface area contributed by atoms with Gasteiger partial charge in [-0.2, -0.15) is 0 Å². The summed E-state index contributed by atoms with van der Waals surface area (Å²) < 4.78 is 53.5. The van der Waals surface area contributed by atoms with Gasteiger partial charge in [0, 0.05) is 12.6 Å². The molecule has 114 valence electrons. The van der Waals surface area contributed by atoms with Crippen molar-refractivity contribution < 1.29 is 17.2 Å². The molecule has 0 spiro atoms. The van der Waals surface area contributed by atoms with Crippen molar-refractivity contribution in [1.29, 1.82) is 0 Å². The second kappa shape index (κ2) is 6.51. The third-order valence-corrected chi connectivity index (χ3v) is 6.80. The van der Waals surface area contributed by atoms with Crippen LogP contribution in [-0.2, 0) is 16.4 Å². The van der Waals surface area contributed by atoms with Crippen LogP contribution in [0.15, 0.2) is 32.3 Å². The molecule has 1 aromatic carbocycles. The normalized spacial score (nSPS) is 11.8. The molecule has 1 N–H and O–H groups in total. The van der Waals surface area contributed by atoms with E-state index in [1.54, 1.807) is 13.0 Å². The van der Waals surface area contributed by atoms with E-state index in [0.29, 0.717) is 5.56 Å². The van der Waals surface area contributed by atoms with Crippen molar-refractivity contribution >= 4 is 37.3 Å². The summed E-state index contributed by atoms with van der Waals surface area (Å²) in [6.45, 7) is 1.87. The number of hydrogen-bond acceptors (Lipinski definition) is 3. The second-order valence-corrected chi connectivity index (χ2v) is 8.81. The molecule has 0 unspecified atom stereocenters. The lowest BCUT2D eigenvalue weighted by molar-refractivity contribution is 0.577. The number of thiophene rings is 1. The maximum atomic E-state index is 13.0. The van der Waals surface area contributed by atoms with Gasteiger partial charge >= 0.3 is 0 Å². The van der Waals surface area contributed by atoms with Crippen LogP contribution in [0.4, 0.5) is 8.78 Å². The number of halogens is 3. The van der Waals surface area contributed by atoms with Crippen LogP contribution in [0, 0.1) is 18.6 Å². The lowest BCUT2D eigenvalue weighted by Crippen LogP contribution is -2.25. The number of aryl methyl sites for hydroxylation is 1. The summed E-state index contributed by atoms with van der Waals surface area (Å²) in [6.07, 6.45) is 0.208. The summed E-state index contributed by atoms with van der Waals surface area (Å²) in [7, 11) is -3.60. The molecule has 1 heterocycles. The predicted octanol–water partition coefficient (Wildman–Crippen LogP) is 3.62. The molecular formula is C13H12BrF2NO2S2. The van der Waals surface area contributed by atoms with Crippen molar-refractivity contribution in [2.75, 3.05) is 6.54 Å². The summed E-state index contributed by atoms with van der Waals surface area (Å²) in [5, 5.41) is 0. The van der Waals surface area contributed by atoms with E-state index in [0.717, 1.165) is 26.8 Å². The average molecular weight is 396 g/mol. The van der Waals surface area contributed by atoms with E-state index in [4.69, 9.17) is 0 Å². The maximum absolute atomic E-state index is 13.0. The average Bonchev–Trinajstić information content (AvgIpc) is 2.69. The van der Waals surface area contributed by atoms with Crippen LogP contribution in [0.25, 0.3) is 0 Å². The van der Waals surface area contributed by atoms with Gasteiger partial charge in [0.1, 0.15) is 15.8 Å². The zero-order chi connectivity index (χ0) is 15.6. The topological polar surface area (TPSA) is 46.2 Å². The highest BCUT2D eigenvalue weighted by molar-refractivity contribution is 9.11. The van der Waals surface area contributed by atoms with Crippen molar-refractivity contribution in [1.82, 2.24) is 4.72 Å². The quantitative estimate of drug-likeness (QED) is 0.839. The van der Waals surface area contributed by atoms with E-state index >= 15 is 0 Å². The van der Waals surface area contributed by atoms with Crippen molar-refractivity contribution in [2.45, 2.75) is 17.6 Å². The monoisotopic (exact) mass is 395 g/mol. The van der Waals surface area contributed by atoms with Gasteiger partial charge in [-0.05, 0) is 58.6 Å². The van der Waals surface area contributed by atoms with Crippen molar-refractivity contribution in [3.8, 4) is 0 Å². The minimum absolute atomic E-state index is 0.0692. The molecule has 0 fully saturated rings. The van der Waals surface area contributed by atoms with Crippen LogP contribution in [0.2, 0.25) is 0 Å². The van der Waals surface area contributed by atoms with E-state index in [2.05, 4.69) is 20.7 Å². The van der Waals surface area contributed by atoms with Crippen LogP contribution < -0.4 is 4.72 Å². The maximum Gasteiger partial charge on any atom is 0.250 e. The van der Waals surface area contributed by atoms with E-state index in [9.17, 15) is 17.2 Å². The second-order valence-electron chi connectivity index (χ2n) is 4.45. The van der Waals surface area contributed by atoms with Crippen molar-refractivity contribution in [2.24, 2.45) is 0 Å². The Kier molecular flexibility index (Phi) is 5.13. The molecule has 0 bridgehead atoms. The summed E-state index contributed by atoms with van der Waals surface area (Å²) in [5.41, 5.74) is 1.24. The summed E-state index contributed by atoms with van der Waals surface area (Å²) in [5.74, 6) is -1.35. The Hall–Kier alpha value is -0.830. The van der Waals surface area contributed by atoms with E-state index in [1.807, 2.05) is 0 Å². The first-order chi connectivity index (χ1) is 9.78. The van der Waals surface area contributed by atoms with Crippen LogP contribution in [0.1, 0.15) is 11.1 Å². The van der Waals surface area contributed by atoms with E-state index < -0.39 is 21.7 Å². The fourth-order valence-electron chi connectivity index (χ4n) is 1.72. The Balaban J connectivity index is 2.02. The van der Waals surface area contributed by atoms with Gasteiger partial charge in [0.2, 0.25) is 10.0 Å². The van der Waals surface area contributed by atoms with Crippen LogP contribution in [0.5, 0.6) is 0 Å². The fourth-order valence-corrected chi connectivity index (χ4v) is 5.02. The summed E-state index contributed by atoms with van der Waals surface area (Å²) in [6, 6.07) is 4.71. The predicted molar refractivity (Wildman–Crippen MR) is 82.0 cm³/mol. The molecule has 0 amide bonds. The van der Waals surface area contributed by atoms with Gasteiger partial charge in [-0.3, -0.25) is 0 Å². The first-order valence-electron chi connectivity index (χ1n) is 5.98. The summed E-state index contributed by atoms with van der Waals surface area (Å²) >= 11 is 4.39. The minimum atomic E-state index is -3.60. The van der Waals surface area contributed by atoms with Gasteiger partial charge < -0.3 is 0 Å². The minimum Gasteiger partial charge on any atom is -0.210 e. The Bertz CT molecular complexity index is 720. The molecule has 2 rings (SSSR count). The van der Waals surface area contributed by atoms with Gasteiger partial charge in [-0.1, -0.05) is 0 Å². The fraction of sp³-hybridized carbons (Fsp3) is 0.231. The molecule has 0 saturated heterocycles. The molecule has 8 heteroatoms. The SMILES string of the molecule is Cc1cc(S(=O)(=O)NCCc2cc(F)cc(F)c2)sc1Br. The van der Waals surface area contributed by atoms with Crippen LogP contribution in [0.3, 0.4) is 0 Å². The van der Waals surface area contributed by atoms with Crippen LogP contribution in [-0.4, -0.2) is 15.0 Å². The standard InChI is InChI=1S/C13H12BrF2NO2S2/c1-8-4-12(20-13(8)14)21(18,19)17-3-2-9-5-10(15)7-11(16)6-9/h4-7,17H,2-3H2,1H3. The molecule has 0 aliphatic heterocycles. The molecule has 1 aromatic heterocycles. The third kappa shape index (κ3) is 4.32. The van der Waals surface area contributed by atoms with Gasteiger partial charge in [-0.15, -0.1) is 11.3 Å². The molecule has 3 nitrogen and oxygen atoms in total. The Labute approximate surface area is 134 Å². The molecule has 0 radical (unpaired) electrons. The highest BCUT2D eigenvalue weighted by Crippen LogP contribution is 2.30. The molecule has 0 saturated carbocycles. The smallest absolute Gasteiger partial charge is 0.210 e. The van der Waals surface area contributed by atoms with Crippen LogP contribution >= 0.6 is 27.3 Å². The first-order valence-corrected chi connectivity index (χ1v) is 9.08. The van der Waals surface area contributed by atoms with E-state index in [-0.39, 0.29) is 17.2 Å². The molecular weight excluding hydrogens is 384 g/mol. The van der Waals surface area contributed by atoms with Crippen molar-refractivity contribution in [3.63, 3.8) is 0 Å². The van der Waals surface area contributed by atoms with Gasteiger partial charge in [0.05, 0.1) is 3.79 Å². The molecule has 2 aromatic rings.